The maximum Gasteiger partial charge on any atom is 0.301 e. The molecule has 0 saturated heterocycles. The number of rotatable bonds is 11. The maximum atomic E-state index is 12.8. The molecule has 160 valence electrons. The van der Waals surface area contributed by atoms with Crippen molar-refractivity contribution >= 4 is 28.7 Å². The second-order valence-corrected chi connectivity index (χ2v) is 9.61. The average Bonchev–Trinajstić information content (AvgIpc) is 3.28. The molecule has 2 nitrogen and oxygen atoms in total. The van der Waals surface area contributed by atoms with E-state index in [1.165, 1.54) is 5.57 Å². The lowest BCUT2D eigenvalue weighted by Gasteiger charge is -2.17. The fourth-order valence-electron chi connectivity index (χ4n) is 3.40. The highest BCUT2D eigenvalue weighted by atomic mass is 32.2. The highest BCUT2D eigenvalue weighted by molar-refractivity contribution is 8.01. The van der Waals surface area contributed by atoms with Crippen LogP contribution >= 0.6 is 23.1 Å². The van der Waals surface area contributed by atoms with Gasteiger partial charge in [0.1, 0.15) is 0 Å². The van der Waals surface area contributed by atoms with E-state index in [1.807, 2.05) is 18.4 Å². The Hall–Kier alpha value is -1.31. The summed E-state index contributed by atoms with van der Waals surface area (Å²) in [6, 6.07) is 0. The molecule has 0 radical (unpaired) electrons. The summed E-state index contributed by atoms with van der Waals surface area (Å²) in [7, 11) is 0. The van der Waals surface area contributed by atoms with Gasteiger partial charge in [-0.05, 0) is 56.4 Å². The van der Waals surface area contributed by atoms with Crippen LogP contribution in [0.2, 0.25) is 0 Å². The summed E-state index contributed by atoms with van der Waals surface area (Å²) < 4.78 is 38.0. The van der Waals surface area contributed by atoms with Crippen molar-refractivity contribution in [3.8, 4) is 0 Å². The van der Waals surface area contributed by atoms with Gasteiger partial charge in [-0.3, -0.25) is 0 Å². The van der Waals surface area contributed by atoms with Crippen LogP contribution in [0.4, 0.5) is 13.2 Å². The number of hydrogen-bond donors (Lipinski definition) is 1. The van der Waals surface area contributed by atoms with Gasteiger partial charge in [0, 0.05) is 17.6 Å². The monoisotopic (exact) mass is 443 g/mol. The summed E-state index contributed by atoms with van der Waals surface area (Å²) in [5.74, 6) is 0.295. The van der Waals surface area contributed by atoms with Crippen LogP contribution in [0.25, 0.3) is 5.57 Å². The molecule has 1 aliphatic rings. The molecule has 1 fully saturated rings. The van der Waals surface area contributed by atoms with Gasteiger partial charge in [-0.25, -0.2) is 9.37 Å². The van der Waals surface area contributed by atoms with Gasteiger partial charge in [-0.2, -0.15) is 8.78 Å². The molecular weight excluding hydrogens is 415 g/mol. The third-order valence-corrected chi connectivity index (χ3v) is 7.16. The standard InChI is InChI=1S/C22H28F3NOS2/c1-14(2)20-13-29-22(26-20)28-12-11-18-15(3)7-8-16(18)5-4-6-17(27)9-10-19(23)21(24)25/h4-5,13,16-18,27H,1,3,6-12H2,2H3/b5-4+/t16-,17+,18?/m0/s1. The number of aromatic nitrogens is 1. The largest absolute Gasteiger partial charge is 0.393 e. The number of aliphatic hydroxyl groups is 1. The second kappa shape index (κ2) is 11.8. The SMILES string of the molecule is C=C(C)c1csc(SCCC2C(=C)CC[C@@H]2/C=C/C[C@@H](O)CCC(F)=C(F)F)n1. The van der Waals surface area contributed by atoms with Crippen molar-refractivity contribution in [1.82, 2.24) is 4.98 Å². The van der Waals surface area contributed by atoms with Crippen LogP contribution in [-0.2, 0) is 0 Å². The summed E-state index contributed by atoms with van der Waals surface area (Å²) in [4.78, 5) is 4.56. The van der Waals surface area contributed by atoms with E-state index in [0.717, 1.165) is 40.6 Å². The molecule has 1 heterocycles. The number of aliphatic hydroxyl groups excluding tert-OH is 1. The lowest BCUT2D eigenvalue weighted by Crippen LogP contribution is -2.09. The zero-order valence-corrected chi connectivity index (χ0v) is 18.3. The number of hydrogen-bond acceptors (Lipinski definition) is 4. The Bertz CT molecular complexity index is 768. The normalized spacial score (nSPS) is 20.4. The first kappa shape index (κ1) is 24.0. The van der Waals surface area contributed by atoms with Crippen LogP contribution in [0.3, 0.4) is 0 Å². The Morgan fingerprint density at radius 3 is 2.86 bits per heavy atom. The van der Waals surface area contributed by atoms with E-state index in [4.69, 9.17) is 0 Å². The van der Waals surface area contributed by atoms with Crippen molar-refractivity contribution in [3.63, 3.8) is 0 Å². The second-order valence-electron chi connectivity index (χ2n) is 7.41. The van der Waals surface area contributed by atoms with Gasteiger partial charge < -0.3 is 5.11 Å². The molecule has 0 bridgehead atoms. The number of thiazole rings is 1. The average molecular weight is 444 g/mol. The van der Waals surface area contributed by atoms with Crippen molar-refractivity contribution < 1.29 is 18.3 Å². The molecule has 0 amide bonds. The van der Waals surface area contributed by atoms with Gasteiger partial charge >= 0.3 is 6.08 Å². The molecule has 0 aliphatic heterocycles. The molecule has 2 rings (SSSR count). The summed E-state index contributed by atoms with van der Waals surface area (Å²) in [6.45, 7) is 10.1. The van der Waals surface area contributed by atoms with Crippen molar-refractivity contribution in [2.75, 3.05) is 5.75 Å². The lowest BCUT2D eigenvalue weighted by atomic mass is 9.91. The highest BCUT2D eigenvalue weighted by Crippen LogP contribution is 2.40. The number of halogens is 3. The number of allylic oxidation sites excluding steroid dienone is 4. The Kier molecular flexibility index (Phi) is 9.72. The molecule has 1 N–H and O–H groups in total. The minimum atomic E-state index is -2.30. The summed E-state index contributed by atoms with van der Waals surface area (Å²) in [5.41, 5.74) is 3.18. The third-order valence-electron chi connectivity index (χ3n) is 5.11. The van der Waals surface area contributed by atoms with E-state index < -0.39 is 24.4 Å². The van der Waals surface area contributed by atoms with Crippen LogP contribution < -0.4 is 0 Å². The van der Waals surface area contributed by atoms with Crippen LogP contribution in [-0.4, -0.2) is 21.9 Å². The molecule has 1 saturated carbocycles. The van der Waals surface area contributed by atoms with Crippen molar-refractivity contribution in [3.05, 3.63) is 53.9 Å². The zero-order chi connectivity index (χ0) is 21.4. The summed E-state index contributed by atoms with van der Waals surface area (Å²) >= 11 is 3.39. The molecule has 1 unspecified atom stereocenters. The van der Waals surface area contributed by atoms with Gasteiger partial charge in [0.2, 0.25) is 0 Å². The molecule has 1 aromatic rings. The maximum absolute atomic E-state index is 12.8. The molecule has 29 heavy (non-hydrogen) atoms. The van der Waals surface area contributed by atoms with Crippen molar-refractivity contribution in [1.29, 1.82) is 0 Å². The van der Waals surface area contributed by atoms with E-state index in [0.29, 0.717) is 18.3 Å². The van der Waals surface area contributed by atoms with Crippen LogP contribution in [0, 0.1) is 11.8 Å². The van der Waals surface area contributed by atoms with Crippen molar-refractivity contribution in [2.24, 2.45) is 11.8 Å². The lowest BCUT2D eigenvalue weighted by molar-refractivity contribution is 0.164. The molecule has 1 aliphatic carbocycles. The van der Waals surface area contributed by atoms with Gasteiger partial charge in [0.15, 0.2) is 10.2 Å². The van der Waals surface area contributed by atoms with Gasteiger partial charge in [-0.15, -0.1) is 11.3 Å². The van der Waals surface area contributed by atoms with Crippen LogP contribution in [0.5, 0.6) is 0 Å². The first-order valence-electron chi connectivity index (χ1n) is 9.74. The third kappa shape index (κ3) is 7.79. The number of thioether (sulfide) groups is 1. The van der Waals surface area contributed by atoms with Crippen LogP contribution in [0.1, 0.15) is 51.1 Å². The van der Waals surface area contributed by atoms with Gasteiger partial charge in [0.25, 0.3) is 0 Å². The zero-order valence-electron chi connectivity index (χ0n) is 16.7. The topological polar surface area (TPSA) is 33.1 Å². The van der Waals surface area contributed by atoms with Gasteiger partial charge in [-0.1, -0.05) is 42.6 Å². The molecule has 3 atom stereocenters. The molecule has 0 aromatic carbocycles. The summed E-state index contributed by atoms with van der Waals surface area (Å²) in [5, 5.41) is 11.9. The van der Waals surface area contributed by atoms with E-state index in [9.17, 15) is 18.3 Å². The predicted octanol–water partition coefficient (Wildman–Crippen LogP) is 7.41. The molecule has 0 spiro atoms. The first-order chi connectivity index (χ1) is 13.8. The number of nitrogens with zero attached hydrogens (tertiary/aromatic N) is 1. The van der Waals surface area contributed by atoms with E-state index in [-0.39, 0.29) is 6.42 Å². The van der Waals surface area contributed by atoms with E-state index in [1.54, 1.807) is 23.1 Å². The molecular formula is C22H28F3NOS2. The predicted molar refractivity (Wildman–Crippen MR) is 117 cm³/mol. The first-order valence-corrected chi connectivity index (χ1v) is 11.6. The smallest absolute Gasteiger partial charge is 0.301 e. The van der Waals surface area contributed by atoms with Crippen LogP contribution in [0.15, 0.2) is 52.5 Å². The Labute approximate surface area is 179 Å². The molecule has 7 heteroatoms. The quantitative estimate of drug-likeness (QED) is 0.286. The van der Waals surface area contributed by atoms with E-state index in [2.05, 4.69) is 24.2 Å². The molecule has 1 aromatic heterocycles. The Balaban J connectivity index is 1.77. The summed E-state index contributed by atoms with van der Waals surface area (Å²) in [6.07, 6.45) is 3.81. The van der Waals surface area contributed by atoms with Crippen molar-refractivity contribution in [2.45, 2.75) is 55.9 Å². The van der Waals surface area contributed by atoms with E-state index >= 15 is 0 Å². The fraction of sp³-hybridized carbons (Fsp3) is 0.500. The minimum absolute atomic E-state index is 0.00899. The minimum Gasteiger partial charge on any atom is -0.393 e. The fourth-order valence-corrected chi connectivity index (χ4v) is 5.39. The Morgan fingerprint density at radius 2 is 2.21 bits per heavy atom. The Morgan fingerprint density at radius 1 is 1.45 bits per heavy atom. The highest BCUT2D eigenvalue weighted by Gasteiger charge is 2.28. The van der Waals surface area contributed by atoms with Gasteiger partial charge in [0.05, 0.1) is 11.8 Å².